The second-order valence-corrected chi connectivity index (χ2v) is 19.9. The number of hydrogen-bond donors (Lipinski definition) is 0. The van der Waals surface area contributed by atoms with Gasteiger partial charge in [-0.2, -0.15) is 0 Å². The van der Waals surface area contributed by atoms with Gasteiger partial charge in [-0.05, 0) is 84.6 Å². The molecule has 324 valence electrons. The number of rotatable bonds is 14. The van der Waals surface area contributed by atoms with Gasteiger partial charge in [0.25, 0.3) is 0 Å². The van der Waals surface area contributed by atoms with Gasteiger partial charge in [-0.15, -0.1) is 0 Å². The van der Waals surface area contributed by atoms with Gasteiger partial charge >= 0.3 is 0 Å². The fourth-order valence-electron chi connectivity index (χ4n) is 9.50. The molecule has 65 heavy (non-hydrogen) atoms. The predicted molar refractivity (Wildman–Crippen MR) is 272 cm³/mol. The van der Waals surface area contributed by atoms with E-state index < -0.39 is 16.9 Å². The van der Waals surface area contributed by atoms with Crippen molar-refractivity contribution in [3.63, 3.8) is 0 Å². The average Bonchev–Trinajstić information content (AvgIpc) is 3.89. The quantitative estimate of drug-likeness (QED) is 0.101. The van der Waals surface area contributed by atoms with E-state index in [2.05, 4.69) is 275 Å². The van der Waals surface area contributed by atoms with E-state index in [4.69, 9.17) is 9.05 Å². The van der Waals surface area contributed by atoms with Crippen molar-refractivity contribution in [1.82, 2.24) is 0 Å². The minimum Gasteiger partial charge on any atom is -0.319 e. The Morgan fingerprint density at radius 3 is 0.692 bits per heavy atom. The molecule has 2 unspecified atom stereocenters. The second kappa shape index (κ2) is 19.9. The highest BCUT2D eigenvalue weighted by Gasteiger charge is 2.53. The molecule has 0 amide bonds. The zero-order chi connectivity index (χ0) is 44.0. The van der Waals surface area contributed by atoms with Crippen molar-refractivity contribution in [2.24, 2.45) is 0 Å². The molecule has 7 atom stereocenters. The molecular formula is C57H54N4O2P2. The lowest BCUT2D eigenvalue weighted by atomic mass is 9.92. The second-order valence-electron chi connectivity index (χ2n) is 16.7. The molecule has 0 saturated carbocycles. The van der Waals surface area contributed by atoms with Crippen LogP contribution in [0.3, 0.4) is 0 Å². The summed E-state index contributed by atoms with van der Waals surface area (Å²) in [6.45, 7) is 4.46. The Hall–Kier alpha value is -6.26. The third-order valence-electron chi connectivity index (χ3n) is 12.2. The van der Waals surface area contributed by atoms with E-state index in [-0.39, 0.29) is 36.4 Å². The number of para-hydroxylation sites is 4. The molecular weight excluding hydrogens is 835 g/mol. The maximum Gasteiger partial charge on any atom is 0.250 e. The van der Waals surface area contributed by atoms with Crippen LogP contribution < -0.4 is 18.7 Å². The van der Waals surface area contributed by atoms with Crippen LogP contribution in [0.15, 0.2) is 243 Å². The Balaban J connectivity index is 1.04. The van der Waals surface area contributed by atoms with Crippen LogP contribution in [0.2, 0.25) is 0 Å². The lowest BCUT2D eigenvalue weighted by Crippen LogP contribution is -2.26. The van der Waals surface area contributed by atoms with Gasteiger partial charge in [0.15, 0.2) is 0 Å². The minimum absolute atomic E-state index is 0.0289. The van der Waals surface area contributed by atoms with Gasteiger partial charge in [0, 0.05) is 29.2 Å². The molecule has 2 fully saturated rings. The van der Waals surface area contributed by atoms with Gasteiger partial charge in [0.2, 0.25) is 16.9 Å². The monoisotopic (exact) mass is 888 g/mol. The summed E-state index contributed by atoms with van der Waals surface area (Å²) in [7, 11) is -2.81. The first-order valence-corrected chi connectivity index (χ1v) is 25.0. The smallest absolute Gasteiger partial charge is 0.250 e. The Labute approximate surface area is 387 Å². The molecule has 0 aromatic heterocycles. The molecule has 2 heterocycles. The third-order valence-corrected chi connectivity index (χ3v) is 16.7. The Morgan fingerprint density at radius 1 is 0.308 bits per heavy atom. The molecule has 2 aliphatic rings. The summed E-state index contributed by atoms with van der Waals surface area (Å²) < 4.78 is 25.4. The lowest BCUT2D eigenvalue weighted by Gasteiger charge is -2.36. The SMILES string of the molecule is C[C@@H](C[C@H](C)OP1N(c2ccccc2)[C@H](c2ccccc2)[C@@H](c2ccccc2)N1c1ccccc1)OP1N(c2ccccc2)C(c2ccccc2)[C@@H](c2ccccc2)N1c1ccccc1. The standard InChI is InChI=1S/C57H54N4O2P2/c1-44(62-64-58(50-35-19-7-20-36-50)54(46-27-11-3-12-28-46)55(47-29-13-4-14-30-47)59(64)51-37-21-8-22-38-51)43-45(2)63-65-60(52-39-23-9-24-40-52)56(48-31-15-5-16-32-48)57(49-33-17-6-18-34-49)61(65)53-41-25-10-26-42-53/h3-42,44-45,54-57H,43H2,1-2H3/t44-,45-,54+,55+,56+,57?,65?/m0/s1. The highest BCUT2D eigenvalue weighted by molar-refractivity contribution is 7.57. The summed E-state index contributed by atoms with van der Waals surface area (Å²) in [4.78, 5) is 0. The van der Waals surface area contributed by atoms with Crippen LogP contribution in [0.4, 0.5) is 22.7 Å². The third kappa shape index (κ3) is 8.93. The topological polar surface area (TPSA) is 31.4 Å². The Kier molecular flexibility index (Phi) is 13.0. The van der Waals surface area contributed by atoms with Gasteiger partial charge in [-0.1, -0.05) is 194 Å². The van der Waals surface area contributed by atoms with E-state index in [0.717, 1.165) is 22.7 Å². The van der Waals surface area contributed by atoms with E-state index in [0.29, 0.717) is 6.42 Å². The molecule has 8 aromatic rings. The summed E-state index contributed by atoms with van der Waals surface area (Å²) in [5.74, 6) is 0. The maximum absolute atomic E-state index is 7.60. The molecule has 10 rings (SSSR count). The first-order valence-electron chi connectivity index (χ1n) is 22.6. The van der Waals surface area contributed by atoms with Crippen molar-refractivity contribution >= 4 is 39.6 Å². The molecule has 8 aromatic carbocycles. The van der Waals surface area contributed by atoms with Gasteiger partial charge in [-0.3, -0.25) is 0 Å². The lowest BCUT2D eigenvalue weighted by molar-refractivity contribution is 0.150. The van der Waals surface area contributed by atoms with Crippen LogP contribution >= 0.6 is 16.9 Å². The first kappa shape index (κ1) is 42.7. The van der Waals surface area contributed by atoms with Crippen LogP contribution in [0.25, 0.3) is 0 Å². The molecule has 2 saturated heterocycles. The molecule has 0 N–H and O–H groups in total. The zero-order valence-electron chi connectivity index (χ0n) is 36.8. The Bertz CT molecular complexity index is 2310. The van der Waals surface area contributed by atoms with E-state index in [1.807, 2.05) is 0 Å². The fraction of sp³-hybridized carbons (Fsp3) is 0.158. The van der Waals surface area contributed by atoms with E-state index >= 15 is 0 Å². The number of benzene rings is 8. The van der Waals surface area contributed by atoms with E-state index in [1.165, 1.54) is 22.3 Å². The van der Waals surface area contributed by atoms with Crippen LogP contribution in [-0.2, 0) is 9.05 Å². The average molecular weight is 889 g/mol. The van der Waals surface area contributed by atoms with Crippen LogP contribution in [-0.4, -0.2) is 12.2 Å². The summed E-state index contributed by atoms with van der Waals surface area (Å²) in [6, 6.07) is 87.0. The van der Waals surface area contributed by atoms with Crippen molar-refractivity contribution in [1.29, 1.82) is 0 Å². The van der Waals surface area contributed by atoms with E-state index in [9.17, 15) is 0 Å². The summed E-state index contributed by atoms with van der Waals surface area (Å²) in [6.07, 6.45) is 0.358. The van der Waals surface area contributed by atoms with Crippen molar-refractivity contribution in [3.8, 4) is 0 Å². The van der Waals surface area contributed by atoms with Crippen molar-refractivity contribution in [2.45, 2.75) is 56.6 Å². The molecule has 0 aliphatic carbocycles. The van der Waals surface area contributed by atoms with Crippen molar-refractivity contribution < 1.29 is 9.05 Å². The summed E-state index contributed by atoms with van der Waals surface area (Å²) >= 11 is 0. The highest BCUT2D eigenvalue weighted by Crippen LogP contribution is 2.69. The molecule has 6 nitrogen and oxygen atoms in total. The van der Waals surface area contributed by atoms with Crippen LogP contribution in [0.5, 0.6) is 0 Å². The van der Waals surface area contributed by atoms with Gasteiger partial charge in [0.1, 0.15) is 0 Å². The molecule has 2 aliphatic heterocycles. The zero-order valence-corrected chi connectivity index (χ0v) is 38.6. The molecule has 0 bridgehead atoms. The minimum atomic E-state index is -1.41. The maximum atomic E-state index is 7.60. The van der Waals surface area contributed by atoms with Gasteiger partial charge in [-0.25, -0.2) is 0 Å². The number of nitrogens with zero attached hydrogens (tertiary/aromatic N) is 4. The summed E-state index contributed by atoms with van der Waals surface area (Å²) in [5.41, 5.74) is 9.52. The number of anilines is 4. The first-order chi connectivity index (χ1) is 32.1. The largest absolute Gasteiger partial charge is 0.319 e. The molecule has 8 heteroatoms. The highest BCUT2D eigenvalue weighted by atomic mass is 31.2. The van der Waals surface area contributed by atoms with Crippen molar-refractivity contribution in [3.05, 3.63) is 265 Å². The summed E-state index contributed by atoms with van der Waals surface area (Å²) in [5, 5.41) is 0. The van der Waals surface area contributed by atoms with Gasteiger partial charge in [0.05, 0.1) is 36.4 Å². The normalized spacial score (nSPS) is 20.8. The van der Waals surface area contributed by atoms with Crippen molar-refractivity contribution in [2.75, 3.05) is 18.7 Å². The molecule has 0 radical (unpaired) electrons. The molecule has 0 spiro atoms. The van der Waals surface area contributed by atoms with Gasteiger partial charge < -0.3 is 27.7 Å². The van der Waals surface area contributed by atoms with Crippen LogP contribution in [0, 0.1) is 0 Å². The fourth-order valence-corrected chi connectivity index (χ4v) is 14.4. The van der Waals surface area contributed by atoms with E-state index in [1.54, 1.807) is 0 Å². The Morgan fingerprint density at radius 2 is 0.492 bits per heavy atom. The number of hydrogen-bond acceptors (Lipinski definition) is 6. The van der Waals surface area contributed by atoms with Crippen LogP contribution in [0.1, 0.15) is 66.7 Å². The predicted octanol–water partition coefficient (Wildman–Crippen LogP) is 15.7.